The van der Waals surface area contributed by atoms with Crippen molar-refractivity contribution in [1.82, 2.24) is 9.88 Å². The average molecular weight is 399 g/mol. The van der Waals surface area contributed by atoms with Gasteiger partial charge in [-0.2, -0.15) is 0 Å². The zero-order valence-corrected chi connectivity index (χ0v) is 16.7. The van der Waals surface area contributed by atoms with Crippen LogP contribution in [0.15, 0.2) is 36.4 Å². The number of nitrogens with zero attached hydrogens (tertiary/aromatic N) is 2. The number of halogens is 1. The fourth-order valence-electron chi connectivity index (χ4n) is 3.37. The molecule has 0 unspecified atom stereocenters. The van der Waals surface area contributed by atoms with Gasteiger partial charge in [-0.05, 0) is 37.1 Å². The van der Waals surface area contributed by atoms with E-state index in [2.05, 4.69) is 36.3 Å². The third kappa shape index (κ3) is 3.80. The van der Waals surface area contributed by atoms with Gasteiger partial charge in [0.05, 0.1) is 15.9 Å². The maximum atomic E-state index is 13.7. The van der Waals surface area contributed by atoms with E-state index < -0.39 is 5.82 Å². The largest absolute Gasteiger partial charge is 0.467 e. The van der Waals surface area contributed by atoms with Gasteiger partial charge in [-0.25, -0.2) is 14.2 Å². The number of hydrogen-bond acceptors (Lipinski definition) is 4. The minimum atomic E-state index is -0.435. The number of fused-ring (bicyclic) bond motifs is 1. The standard InChI is InChI=1S/C21H22FN3O2S/c1-13-7-8-14(2)19-18(13)24-21(28-19)27-15-9-11-25(12-10-15)20(26)23-17-6-4-3-5-16(17)22/h3-8,15H,9-12H2,1-2H3,(H,23,26). The number of rotatable bonds is 3. The fraction of sp³-hybridized carbons (Fsp3) is 0.333. The van der Waals surface area contributed by atoms with Crippen LogP contribution in [-0.4, -0.2) is 35.1 Å². The number of likely N-dealkylation sites (tertiary alicyclic amines) is 1. The first-order chi connectivity index (χ1) is 13.5. The monoisotopic (exact) mass is 399 g/mol. The van der Waals surface area contributed by atoms with E-state index in [0.29, 0.717) is 18.3 Å². The van der Waals surface area contributed by atoms with Gasteiger partial charge < -0.3 is 15.0 Å². The van der Waals surface area contributed by atoms with Gasteiger partial charge in [0, 0.05) is 25.9 Å². The molecule has 7 heteroatoms. The lowest BCUT2D eigenvalue weighted by molar-refractivity contribution is 0.115. The maximum absolute atomic E-state index is 13.7. The lowest BCUT2D eigenvalue weighted by atomic mass is 10.1. The summed E-state index contributed by atoms with van der Waals surface area (Å²) < 4.78 is 21.0. The quantitative estimate of drug-likeness (QED) is 0.664. The third-order valence-corrected chi connectivity index (χ3v) is 6.12. The zero-order valence-electron chi connectivity index (χ0n) is 15.9. The maximum Gasteiger partial charge on any atom is 0.321 e. The Morgan fingerprint density at radius 1 is 1.18 bits per heavy atom. The van der Waals surface area contributed by atoms with Crippen LogP contribution in [0.25, 0.3) is 10.2 Å². The number of thiazole rings is 1. The number of carbonyl (C=O) groups is 1. The summed E-state index contributed by atoms with van der Waals surface area (Å²) in [7, 11) is 0. The van der Waals surface area contributed by atoms with Crippen molar-refractivity contribution in [3.8, 4) is 5.19 Å². The molecule has 1 saturated heterocycles. The van der Waals surface area contributed by atoms with Crippen molar-refractivity contribution in [2.24, 2.45) is 0 Å². The van der Waals surface area contributed by atoms with E-state index in [1.54, 1.807) is 34.4 Å². The van der Waals surface area contributed by atoms with Crippen LogP contribution in [0, 0.1) is 19.7 Å². The van der Waals surface area contributed by atoms with Gasteiger partial charge >= 0.3 is 6.03 Å². The summed E-state index contributed by atoms with van der Waals surface area (Å²) in [6.45, 7) is 5.26. The number of aromatic nitrogens is 1. The summed E-state index contributed by atoms with van der Waals surface area (Å²) in [5.41, 5.74) is 3.55. The van der Waals surface area contributed by atoms with E-state index in [1.807, 2.05) is 0 Å². The highest BCUT2D eigenvalue weighted by atomic mass is 32.1. The van der Waals surface area contributed by atoms with Crippen LogP contribution in [0.5, 0.6) is 5.19 Å². The van der Waals surface area contributed by atoms with Gasteiger partial charge in [-0.15, -0.1) is 0 Å². The molecule has 1 aliphatic heterocycles. The minimum absolute atomic E-state index is 0.0266. The van der Waals surface area contributed by atoms with Crippen LogP contribution in [0.1, 0.15) is 24.0 Å². The van der Waals surface area contributed by atoms with Crippen molar-refractivity contribution in [3.63, 3.8) is 0 Å². The molecule has 1 N–H and O–H groups in total. The molecule has 0 aliphatic carbocycles. The van der Waals surface area contributed by atoms with Gasteiger partial charge in [0.2, 0.25) is 0 Å². The molecule has 1 aromatic heterocycles. The molecular formula is C21H22FN3O2S. The first kappa shape index (κ1) is 18.7. The van der Waals surface area contributed by atoms with Crippen LogP contribution in [-0.2, 0) is 0 Å². The highest BCUT2D eigenvalue weighted by Crippen LogP contribution is 2.33. The third-order valence-electron chi connectivity index (χ3n) is 5.03. The molecule has 0 radical (unpaired) electrons. The minimum Gasteiger partial charge on any atom is -0.467 e. The molecule has 0 spiro atoms. The number of anilines is 1. The van der Waals surface area contributed by atoms with E-state index in [1.165, 1.54) is 11.6 Å². The van der Waals surface area contributed by atoms with E-state index in [0.717, 1.165) is 28.6 Å². The Hall–Kier alpha value is -2.67. The number of amides is 2. The summed E-state index contributed by atoms with van der Waals surface area (Å²) in [6.07, 6.45) is 1.47. The number of benzene rings is 2. The number of carbonyl (C=O) groups excluding carboxylic acids is 1. The first-order valence-corrected chi connectivity index (χ1v) is 10.2. The lowest BCUT2D eigenvalue weighted by Gasteiger charge is -2.31. The molecule has 1 aliphatic rings. The van der Waals surface area contributed by atoms with Crippen LogP contribution >= 0.6 is 11.3 Å². The molecule has 3 aromatic rings. The fourth-order valence-corrected chi connectivity index (χ4v) is 4.39. The SMILES string of the molecule is Cc1ccc(C)c2sc(OC3CCN(C(=O)Nc4ccccc4F)CC3)nc12. The molecule has 2 heterocycles. The summed E-state index contributed by atoms with van der Waals surface area (Å²) in [6, 6.07) is 10.1. The van der Waals surface area contributed by atoms with E-state index in [9.17, 15) is 9.18 Å². The number of hydrogen-bond donors (Lipinski definition) is 1. The van der Waals surface area contributed by atoms with E-state index in [4.69, 9.17) is 4.74 Å². The molecule has 5 nitrogen and oxygen atoms in total. The summed E-state index contributed by atoms with van der Waals surface area (Å²) in [5.74, 6) is -0.435. The molecule has 0 saturated carbocycles. The molecule has 28 heavy (non-hydrogen) atoms. The van der Waals surface area contributed by atoms with Gasteiger partial charge in [-0.3, -0.25) is 0 Å². The molecular weight excluding hydrogens is 377 g/mol. The van der Waals surface area contributed by atoms with Gasteiger partial charge in [-0.1, -0.05) is 35.6 Å². The van der Waals surface area contributed by atoms with Crippen molar-refractivity contribution in [1.29, 1.82) is 0 Å². The summed E-state index contributed by atoms with van der Waals surface area (Å²) >= 11 is 1.57. The molecule has 4 rings (SSSR count). The van der Waals surface area contributed by atoms with Crippen molar-refractivity contribution < 1.29 is 13.9 Å². The zero-order chi connectivity index (χ0) is 19.7. The Labute approximate surface area is 167 Å². The Kier molecular flexibility index (Phi) is 5.17. The molecule has 2 amide bonds. The number of nitrogens with one attached hydrogen (secondary N) is 1. The molecule has 1 fully saturated rings. The highest BCUT2D eigenvalue weighted by molar-refractivity contribution is 7.20. The smallest absolute Gasteiger partial charge is 0.321 e. The number of piperidine rings is 1. The molecule has 2 aromatic carbocycles. The highest BCUT2D eigenvalue weighted by Gasteiger charge is 2.25. The van der Waals surface area contributed by atoms with Crippen LogP contribution in [0.3, 0.4) is 0 Å². The van der Waals surface area contributed by atoms with Crippen molar-refractivity contribution in [3.05, 3.63) is 53.3 Å². The van der Waals surface area contributed by atoms with Crippen molar-refractivity contribution >= 4 is 33.3 Å². The second-order valence-corrected chi connectivity index (χ2v) is 8.03. The van der Waals surface area contributed by atoms with Crippen LogP contribution in [0.4, 0.5) is 14.9 Å². The Morgan fingerprint density at radius 2 is 1.89 bits per heavy atom. The Bertz CT molecular complexity index is 973. The van der Waals surface area contributed by atoms with E-state index in [-0.39, 0.29) is 17.8 Å². The second-order valence-electron chi connectivity index (χ2n) is 7.07. The van der Waals surface area contributed by atoms with Gasteiger partial charge in [0.25, 0.3) is 5.19 Å². The van der Waals surface area contributed by atoms with Gasteiger partial charge in [0.15, 0.2) is 0 Å². The Morgan fingerprint density at radius 3 is 2.61 bits per heavy atom. The average Bonchev–Trinajstić information content (AvgIpc) is 3.12. The summed E-state index contributed by atoms with van der Waals surface area (Å²) in [5, 5.41) is 3.32. The predicted molar refractivity (Wildman–Crippen MR) is 110 cm³/mol. The number of para-hydroxylation sites is 1. The normalized spacial score (nSPS) is 15.0. The number of urea groups is 1. The van der Waals surface area contributed by atoms with Gasteiger partial charge in [0.1, 0.15) is 11.9 Å². The van der Waals surface area contributed by atoms with Crippen molar-refractivity contribution in [2.75, 3.05) is 18.4 Å². The van der Waals surface area contributed by atoms with Crippen LogP contribution < -0.4 is 10.1 Å². The molecule has 0 atom stereocenters. The topological polar surface area (TPSA) is 54.5 Å². The number of ether oxygens (including phenoxy) is 1. The lowest BCUT2D eigenvalue weighted by Crippen LogP contribution is -2.43. The second kappa shape index (κ2) is 7.75. The molecule has 146 valence electrons. The summed E-state index contributed by atoms with van der Waals surface area (Å²) in [4.78, 5) is 18.7. The predicted octanol–water partition coefficient (Wildman–Crippen LogP) is 5.13. The van der Waals surface area contributed by atoms with Crippen LogP contribution in [0.2, 0.25) is 0 Å². The number of aryl methyl sites for hydroxylation is 2. The first-order valence-electron chi connectivity index (χ1n) is 9.35. The molecule has 0 bridgehead atoms. The van der Waals surface area contributed by atoms with Crippen molar-refractivity contribution in [2.45, 2.75) is 32.8 Å². The Balaban J connectivity index is 1.35. The van der Waals surface area contributed by atoms with E-state index >= 15 is 0 Å².